The van der Waals surface area contributed by atoms with Crippen molar-refractivity contribution in [2.75, 3.05) is 5.32 Å². The van der Waals surface area contributed by atoms with E-state index in [4.69, 9.17) is 11.6 Å². The molecule has 88 valence electrons. The van der Waals surface area contributed by atoms with E-state index in [0.29, 0.717) is 6.04 Å². The SMILES string of the molecule is CCC(Nc1ccc(Cl)cc1)c1ccncc1. The molecule has 1 aromatic heterocycles. The third-order valence-corrected chi connectivity index (χ3v) is 2.95. The molecule has 2 nitrogen and oxygen atoms in total. The molecule has 1 unspecified atom stereocenters. The molecular weight excluding hydrogens is 232 g/mol. The summed E-state index contributed by atoms with van der Waals surface area (Å²) in [7, 11) is 0. The molecule has 0 spiro atoms. The Morgan fingerprint density at radius 1 is 1.12 bits per heavy atom. The molecule has 1 atom stereocenters. The third-order valence-electron chi connectivity index (χ3n) is 2.70. The van der Waals surface area contributed by atoms with Crippen LogP contribution in [0, 0.1) is 0 Å². The van der Waals surface area contributed by atoms with E-state index in [0.717, 1.165) is 17.1 Å². The molecule has 2 aromatic rings. The van der Waals surface area contributed by atoms with Gasteiger partial charge in [-0.15, -0.1) is 0 Å². The average molecular weight is 247 g/mol. The average Bonchev–Trinajstić information content (AvgIpc) is 2.39. The lowest BCUT2D eigenvalue weighted by Crippen LogP contribution is -2.09. The molecule has 0 bridgehead atoms. The molecule has 0 aliphatic carbocycles. The Kier molecular flexibility index (Phi) is 3.99. The highest BCUT2D eigenvalue weighted by Crippen LogP contribution is 2.22. The first-order valence-corrected chi connectivity index (χ1v) is 6.09. The van der Waals surface area contributed by atoms with Crippen LogP contribution in [0.4, 0.5) is 5.69 Å². The summed E-state index contributed by atoms with van der Waals surface area (Å²) < 4.78 is 0. The second-order valence-corrected chi connectivity index (χ2v) is 4.33. The van der Waals surface area contributed by atoms with Gasteiger partial charge in [0.25, 0.3) is 0 Å². The van der Waals surface area contributed by atoms with Gasteiger partial charge in [-0.2, -0.15) is 0 Å². The van der Waals surface area contributed by atoms with Gasteiger partial charge in [-0.1, -0.05) is 18.5 Å². The van der Waals surface area contributed by atoms with Gasteiger partial charge in [-0.3, -0.25) is 4.98 Å². The van der Waals surface area contributed by atoms with E-state index in [2.05, 4.69) is 17.2 Å². The number of nitrogens with zero attached hydrogens (tertiary/aromatic N) is 1. The van der Waals surface area contributed by atoms with Crippen molar-refractivity contribution < 1.29 is 0 Å². The first-order chi connectivity index (χ1) is 8.29. The molecule has 17 heavy (non-hydrogen) atoms. The number of pyridine rings is 1. The van der Waals surface area contributed by atoms with E-state index in [9.17, 15) is 0 Å². The molecule has 0 fully saturated rings. The molecule has 0 aliphatic heterocycles. The van der Waals surface area contributed by atoms with Crippen molar-refractivity contribution >= 4 is 17.3 Å². The van der Waals surface area contributed by atoms with E-state index in [1.54, 1.807) is 0 Å². The number of anilines is 1. The van der Waals surface area contributed by atoms with Crippen molar-refractivity contribution in [3.63, 3.8) is 0 Å². The Hall–Kier alpha value is -1.54. The van der Waals surface area contributed by atoms with E-state index >= 15 is 0 Å². The maximum absolute atomic E-state index is 5.86. The van der Waals surface area contributed by atoms with Crippen LogP contribution in [0.2, 0.25) is 5.02 Å². The topological polar surface area (TPSA) is 24.9 Å². The number of rotatable bonds is 4. The van der Waals surface area contributed by atoms with Crippen LogP contribution in [0.25, 0.3) is 0 Å². The van der Waals surface area contributed by atoms with Crippen LogP contribution in [0.15, 0.2) is 48.8 Å². The zero-order valence-electron chi connectivity index (χ0n) is 9.73. The molecule has 0 radical (unpaired) electrons. The number of benzene rings is 1. The van der Waals surface area contributed by atoms with E-state index in [1.165, 1.54) is 5.56 Å². The molecule has 0 saturated carbocycles. The van der Waals surface area contributed by atoms with Crippen LogP contribution in [0.5, 0.6) is 0 Å². The lowest BCUT2D eigenvalue weighted by Gasteiger charge is -2.18. The fraction of sp³-hybridized carbons (Fsp3) is 0.214. The number of aromatic nitrogens is 1. The summed E-state index contributed by atoms with van der Waals surface area (Å²) in [5, 5.41) is 4.24. The Labute approximate surface area is 107 Å². The van der Waals surface area contributed by atoms with Gasteiger partial charge in [0.05, 0.1) is 6.04 Å². The smallest absolute Gasteiger partial charge is 0.0512 e. The van der Waals surface area contributed by atoms with E-state index in [1.807, 2.05) is 48.8 Å². The summed E-state index contributed by atoms with van der Waals surface area (Å²) in [6.07, 6.45) is 4.66. The lowest BCUT2D eigenvalue weighted by molar-refractivity contribution is 0.748. The zero-order valence-corrected chi connectivity index (χ0v) is 10.5. The van der Waals surface area contributed by atoms with E-state index in [-0.39, 0.29) is 0 Å². The minimum absolute atomic E-state index is 0.305. The minimum Gasteiger partial charge on any atom is -0.378 e. The summed E-state index contributed by atoms with van der Waals surface area (Å²) in [6, 6.07) is 12.2. The van der Waals surface area contributed by atoms with Crippen molar-refractivity contribution in [3.8, 4) is 0 Å². The number of hydrogen-bond acceptors (Lipinski definition) is 2. The summed E-state index contributed by atoms with van der Waals surface area (Å²) in [5.41, 5.74) is 2.33. The molecule has 0 saturated heterocycles. The van der Waals surface area contributed by atoms with Gasteiger partial charge < -0.3 is 5.32 Å². The third kappa shape index (κ3) is 3.21. The summed E-state index contributed by atoms with van der Waals surface area (Å²) >= 11 is 5.86. The Bertz CT molecular complexity index is 453. The van der Waals surface area contributed by atoms with Gasteiger partial charge >= 0.3 is 0 Å². The molecule has 0 aliphatic rings. The normalized spacial score (nSPS) is 12.1. The molecular formula is C14H15ClN2. The molecule has 1 heterocycles. The quantitative estimate of drug-likeness (QED) is 0.870. The second kappa shape index (κ2) is 5.69. The number of hydrogen-bond donors (Lipinski definition) is 1. The standard InChI is InChI=1S/C14H15ClN2/c1-2-14(11-7-9-16-10-8-11)17-13-5-3-12(15)4-6-13/h3-10,14,17H,2H2,1H3. The minimum atomic E-state index is 0.305. The van der Waals surface area contributed by atoms with E-state index < -0.39 is 0 Å². The first kappa shape index (κ1) is 11.9. The molecule has 3 heteroatoms. The molecule has 2 rings (SSSR count). The van der Waals surface area contributed by atoms with Gasteiger partial charge in [0.2, 0.25) is 0 Å². The monoisotopic (exact) mass is 246 g/mol. The summed E-state index contributed by atoms with van der Waals surface area (Å²) in [5.74, 6) is 0. The van der Waals surface area contributed by atoms with Crippen molar-refractivity contribution in [3.05, 3.63) is 59.4 Å². The van der Waals surface area contributed by atoms with Gasteiger partial charge in [0, 0.05) is 23.1 Å². The van der Waals surface area contributed by atoms with Crippen LogP contribution < -0.4 is 5.32 Å². The Balaban J connectivity index is 2.13. The first-order valence-electron chi connectivity index (χ1n) is 5.71. The van der Waals surface area contributed by atoms with Crippen molar-refractivity contribution in [1.29, 1.82) is 0 Å². The van der Waals surface area contributed by atoms with Crippen LogP contribution in [0.1, 0.15) is 24.9 Å². The molecule has 1 N–H and O–H groups in total. The molecule has 1 aromatic carbocycles. The van der Waals surface area contributed by atoms with Crippen molar-refractivity contribution in [2.24, 2.45) is 0 Å². The summed E-state index contributed by atoms with van der Waals surface area (Å²) in [4.78, 5) is 4.04. The zero-order chi connectivity index (χ0) is 12.1. The van der Waals surface area contributed by atoms with Gasteiger partial charge in [-0.25, -0.2) is 0 Å². The number of halogens is 1. The van der Waals surface area contributed by atoms with Gasteiger partial charge in [0.15, 0.2) is 0 Å². The predicted molar refractivity (Wildman–Crippen MR) is 72.3 cm³/mol. The largest absolute Gasteiger partial charge is 0.378 e. The predicted octanol–water partition coefficient (Wildman–Crippen LogP) is 4.30. The van der Waals surface area contributed by atoms with Crippen LogP contribution in [-0.4, -0.2) is 4.98 Å². The maximum Gasteiger partial charge on any atom is 0.0512 e. The molecule has 0 amide bonds. The van der Waals surface area contributed by atoms with Crippen LogP contribution in [-0.2, 0) is 0 Å². The highest BCUT2D eigenvalue weighted by atomic mass is 35.5. The van der Waals surface area contributed by atoms with Crippen molar-refractivity contribution in [1.82, 2.24) is 4.98 Å². The van der Waals surface area contributed by atoms with Gasteiger partial charge in [-0.05, 0) is 48.4 Å². The highest BCUT2D eigenvalue weighted by Gasteiger charge is 2.08. The maximum atomic E-state index is 5.86. The summed E-state index contributed by atoms with van der Waals surface area (Å²) in [6.45, 7) is 2.16. The number of nitrogens with one attached hydrogen (secondary N) is 1. The van der Waals surface area contributed by atoms with Crippen LogP contribution in [0.3, 0.4) is 0 Å². The lowest BCUT2D eigenvalue weighted by atomic mass is 10.1. The Morgan fingerprint density at radius 3 is 2.35 bits per heavy atom. The Morgan fingerprint density at radius 2 is 1.76 bits per heavy atom. The highest BCUT2D eigenvalue weighted by molar-refractivity contribution is 6.30. The van der Waals surface area contributed by atoms with Crippen molar-refractivity contribution in [2.45, 2.75) is 19.4 Å². The second-order valence-electron chi connectivity index (χ2n) is 3.89. The fourth-order valence-corrected chi connectivity index (χ4v) is 1.89. The van der Waals surface area contributed by atoms with Crippen LogP contribution >= 0.6 is 11.6 Å². The fourth-order valence-electron chi connectivity index (χ4n) is 1.76. The van der Waals surface area contributed by atoms with Gasteiger partial charge in [0.1, 0.15) is 0 Å².